The van der Waals surface area contributed by atoms with E-state index in [1.807, 2.05) is 0 Å². The molecule has 0 radical (unpaired) electrons. The van der Waals surface area contributed by atoms with Crippen molar-refractivity contribution >= 4 is 5.91 Å². The number of carbonyl (C=O) groups excluding carboxylic acids is 1. The first kappa shape index (κ1) is 15.0. The van der Waals surface area contributed by atoms with Crippen LogP contribution in [0.4, 0.5) is 4.39 Å². The molecule has 0 saturated heterocycles. The van der Waals surface area contributed by atoms with E-state index in [4.69, 9.17) is 0 Å². The van der Waals surface area contributed by atoms with Gasteiger partial charge in [-0.3, -0.25) is 4.79 Å². The summed E-state index contributed by atoms with van der Waals surface area (Å²) in [6.45, 7) is 0.452. The molecule has 1 fully saturated rings. The molecule has 1 aromatic carbocycles. The van der Waals surface area contributed by atoms with Crippen molar-refractivity contribution in [2.45, 2.75) is 44.6 Å². The second-order valence-electron chi connectivity index (χ2n) is 5.48. The van der Waals surface area contributed by atoms with Crippen LogP contribution in [0.15, 0.2) is 24.3 Å². The van der Waals surface area contributed by atoms with E-state index in [0.717, 1.165) is 25.7 Å². The fraction of sp³-hybridized carbons (Fsp3) is 0.562. The van der Waals surface area contributed by atoms with Gasteiger partial charge in [0.25, 0.3) is 0 Å². The largest absolute Gasteiger partial charge is 0.388 e. The number of halogens is 1. The van der Waals surface area contributed by atoms with Crippen molar-refractivity contribution in [2.75, 3.05) is 6.54 Å². The van der Waals surface area contributed by atoms with Gasteiger partial charge >= 0.3 is 0 Å². The highest BCUT2D eigenvalue weighted by atomic mass is 19.1. The quantitative estimate of drug-likeness (QED) is 0.870. The van der Waals surface area contributed by atoms with E-state index in [0.29, 0.717) is 18.5 Å². The fourth-order valence-corrected chi connectivity index (χ4v) is 2.69. The molecule has 2 rings (SSSR count). The van der Waals surface area contributed by atoms with E-state index in [-0.39, 0.29) is 17.6 Å². The molecule has 1 aliphatic carbocycles. The van der Waals surface area contributed by atoms with Gasteiger partial charge in [0.05, 0.1) is 6.10 Å². The van der Waals surface area contributed by atoms with Crippen LogP contribution in [-0.4, -0.2) is 17.6 Å². The molecular weight excluding hydrogens is 257 g/mol. The zero-order valence-electron chi connectivity index (χ0n) is 11.6. The van der Waals surface area contributed by atoms with E-state index in [1.165, 1.54) is 18.6 Å². The number of nitrogens with one attached hydrogen (secondary N) is 1. The Morgan fingerprint density at radius 3 is 2.55 bits per heavy atom. The number of rotatable bonds is 5. The lowest BCUT2D eigenvalue weighted by Crippen LogP contribution is -2.33. The monoisotopic (exact) mass is 279 g/mol. The Morgan fingerprint density at radius 2 is 1.90 bits per heavy atom. The molecule has 0 heterocycles. The molecule has 3 nitrogen and oxygen atoms in total. The number of benzene rings is 1. The van der Waals surface area contributed by atoms with Gasteiger partial charge in [0, 0.05) is 12.5 Å². The summed E-state index contributed by atoms with van der Waals surface area (Å²) in [5.74, 6) is -0.0609. The predicted molar refractivity (Wildman–Crippen MR) is 75.6 cm³/mol. The summed E-state index contributed by atoms with van der Waals surface area (Å²) in [4.78, 5) is 11.9. The number of hydrogen-bond acceptors (Lipinski definition) is 2. The summed E-state index contributed by atoms with van der Waals surface area (Å²) in [6.07, 6.45) is 5.24. The predicted octanol–water partition coefficient (Wildman–Crippen LogP) is 2.95. The fourth-order valence-electron chi connectivity index (χ4n) is 2.69. The lowest BCUT2D eigenvalue weighted by Gasteiger charge is -2.21. The highest BCUT2D eigenvalue weighted by molar-refractivity contribution is 5.78. The molecule has 2 N–H and O–H groups in total. The van der Waals surface area contributed by atoms with Crippen LogP contribution in [0.3, 0.4) is 0 Å². The van der Waals surface area contributed by atoms with Crippen molar-refractivity contribution in [3.63, 3.8) is 0 Å². The van der Waals surface area contributed by atoms with E-state index in [1.54, 1.807) is 12.1 Å². The molecule has 20 heavy (non-hydrogen) atoms. The van der Waals surface area contributed by atoms with E-state index >= 15 is 0 Å². The number of aliphatic hydroxyl groups excluding tert-OH is 1. The molecule has 0 bridgehead atoms. The Labute approximate surface area is 119 Å². The van der Waals surface area contributed by atoms with Crippen LogP contribution in [0.1, 0.15) is 50.2 Å². The van der Waals surface area contributed by atoms with Crippen molar-refractivity contribution in [1.29, 1.82) is 0 Å². The Balaban J connectivity index is 1.72. The Bertz CT molecular complexity index is 427. The van der Waals surface area contributed by atoms with Gasteiger partial charge in [-0.2, -0.15) is 0 Å². The van der Waals surface area contributed by atoms with Crippen LogP contribution in [0, 0.1) is 11.7 Å². The second kappa shape index (κ2) is 7.39. The first-order valence-electron chi connectivity index (χ1n) is 7.38. The smallest absolute Gasteiger partial charge is 0.223 e. The maximum atomic E-state index is 12.8. The van der Waals surface area contributed by atoms with Crippen LogP contribution in [0.5, 0.6) is 0 Å². The topological polar surface area (TPSA) is 49.3 Å². The molecule has 1 amide bonds. The number of hydrogen-bond donors (Lipinski definition) is 2. The highest BCUT2D eigenvalue weighted by Crippen LogP contribution is 2.23. The minimum absolute atomic E-state index is 0.107. The van der Waals surface area contributed by atoms with E-state index in [2.05, 4.69) is 5.32 Å². The van der Waals surface area contributed by atoms with Gasteiger partial charge in [-0.1, -0.05) is 31.4 Å². The molecule has 0 aliphatic heterocycles. The Kier molecular flexibility index (Phi) is 5.53. The van der Waals surface area contributed by atoms with Crippen molar-refractivity contribution in [3.05, 3.63) is 35.6 Å². The van der Waals surface area contributed by atoms with Crippen LogP contribution in [-0.2, 0) is 4.79 Å². The van der Waals surface area contributed by atoms with Crippen molar-refractivity contribution < 1.29 is 14.3 Å². The molecule has 4 heteroatoms. The van der Waals surface area contributed by atoms with Crippen LogP contribution >= 0.6 is 0 Å². The average Bonchev–Trinajstić information content (AvgIpc) is 2.48. The summed E-state index contributed by atoms with van der Waals surface area (Å²) in [5, 5.41) is 12.9. The molecular formula is C16H22FNO2. The summed E-state index contributed by atoms with van der Waals surface area (Å²) in [7, 11) is 0. The molecule has 1 aliphatic rings. The molecule has 1 unspecified atom stereocenters. The maximum Gasteiger partial charge on any atom is 0.223 e. The van der Waals surface area contributed by atoms with Crippen molar-refractivity contribution in [1.82, 2.24) is 5.32 Å². The van der Waals surface area contributed by atoms with Gasteiger partial charge in [0.15, 0.2) is 0 Å². The van der Waals surface area contributed by atoms with Gasteiger partial charge < -0.3 is 10.4 Å². The van der Waals surface area contributed by atoms with Gasteiger partial charge in [0.2, 0.25) is 5.91 Å². The van der Waals surface area contributed by atoms with Crippen LogP contribution in [0.25, 0.3) is 0 Å². The molecule has 0 spiro atoms. The molecule has 1 atom stereocenters. The first-order chi connectivity index (χ1) is 9.66. The van der Waals surface area contributed by atoms with Crippen LogP contribution in [0.2, 0.25) is 0 Å². The SMILES string of the molecule is O=C(NCCC(O)c1ccc(F)cc1)C1CCCCC1. The third-order valence-corrected chi connectivity index (χ3v) is 3.95. The Morgan fingerprint density at radius 1 is 1.25 bits per heavy atom. The third-order valence-electron chi connectivity index (χ3n) is 3.95. The minimum Gasteiger partial charge on any atom is -0.388 e. The van der Waals surface area contributed by atoms with Crippen LogP contribution < -0.4 is 5.32 Å². The zero-order chi connectivity index (χ0) is 14.4. The lowest BCUT2D eigenvalue weighted by molar-refractivity contribution is -0.126. The summed E-state index contributed by atoms with van der Waals surface area (Å²) >= 11 is 0. The van der Waals surface area contributed by atoms with E-state index < -0.39 is 6.10 Å². The van der Waals surface area contributed by atoms with Gasteiger partial charge in [-0.25, -0.2) is 4.39 Å². The molecule has 110 valence electrons. The number of aliphatic hydroxyl groups is 1. The van der Waals surface area contributed by atoms with Gasteiger partial charge in [-0.15, -0.1) is 0 Å². The summed E-state index contributed by atoms with van der Waals surface area (Å²) in [6, 6.07) is 5.81. The lowest BCUT2D eigenvalue weighted by atomic mass is 9.88. The summed E-state index contributed by atoms with van der Waals surface area (Å²) in [5.41, 5.74) is 0.679. The summed E-state index contributed by atoms with van der Waals surface area (Å²) < 4.78 is 12.8. The first-order valence-corrected chi connectivity index (χ1v) is 7.38. The molecule has 0 aromatic heterocycles. The van der Waals surface area contributed by atoms with Gasteiger partial charge in [0.1, 0.15) is 5.82 Å². The highest BCUT2D eigenvalue weighted by Gasteiger charge is 2.20. The van der Waals surface area contributed by atoms with E-state index in [9.17, 15) is 14.3 Å². The number of amides is 1. The van der Waals surface area contributed by atoms with Gasteiger partial charge in [-0.05, 0) is 37.0 Å². The van der Waals surface area contributed by atoms with Crippen molar-refractivity contribution in [3.8, 4) is 0 Å². The standard InChI is InChI=1S/C16H22FNO2/c17-14-8-6-12(7-9-14)15(19)10-11-18-16(20)13-4-2-1-3-5-13/h6-9,13,15,19H,1-5,10-11H2,(H,18,20). The minimum atomic E-state index is -0.665. The zero-order valence-corrected chi connectivity index (χ0v) is 11.6. The third kappa shape index (κ3) is 4.30. The average molecular weight is 279 g/mol. The molecule has 1 saturated carbocycles. The molecule has 1 aromatic rings. The maximum absolute atomic E-state index is 12.8. The normalized spacial score (nSPS) is 17.7. The Hall–Kier alpha value is -1.42. The number of carbonyl (C=O) groups is 1. The second-order valence-corrected chi connectivity index (χ2v) is 5.48. The van der Waals surface area contributed by atoms with Crippen molar-refractivity contribution in [2.24, 2.45) is 5.92 Å².